The molecule has 8 heteroatoms. The lowest BCUT2D eigenvalue weighted by Gasteiger charge is -2.26. The van der Waals surface area contributed by atoms with Crippen molar-refractivity contribution in [1.29, 1.82) is 0 Å². The molecule has 0 bridgehead atoms. The molecule has 0 saturated carbocycles. The van der Waals surface area contributed by atoms with Crippen LogP contribution in [0.2, 0.25) is 0 Å². The minimum absolute atomic E-state index is 0.0562. The highest BCUT2D eigenvalue weighted by Crippen LogP contribution is 2.47. The molecule has 0 radical (unpaired) electrons. The Kier molecular flexibility index (Phi) is 13.8. The Bertz CT molecular complexity index is 2820. The lowest BCUT2D eigenvalue weighted by atomic mass is 9.78. The number of hydrogen-bond acceptors (Lipinski definition) is 6. The Labute approximate surface area is 393 Å². The number of rotatable bonds is 7. The molecule has 0 amide bonds. The summed E-state index contributed by atoms with van der Waals surface area (Å²) in [6.07, 6.45) is -0.0202. The third-order valence-electron chi connectivity index (χ3n) is 12.7. The van der Waals surface area contributed by atoms with Crippen LogP contribution in [-0.2, 0) is 32.5 Å². The summed E-state index contributed by atoms with van der Waals surface area (Å²) in [5.74, 6) is 0.211. The lowest BCUT2D eigenvalue weighted by molar-refractivity contribution is 0.184. The van der Waals surface area contributed by atoms with Crippen molar-refractivity contribution in [3.05, 3.63) is 93.0 Å². The van der Waals surface area contributed by atoms with Gasteiger partial charge in [-0.1, -0.05) is 163 Å². The van der Waals surface area contributed by atoms with Gasteiger partial charge in [-0.3, -0.25) is 9.05 Å². The van der Waals surface area contributed by atoms with Gasteiger partial charge in [0.25, 0.3) is 0 Å². The van der Waals surface area contributed by atoms with Crippen LogP contribution in [0.5, 0.6) is 0 Å². The van der Waals surface area contributed by atoms with Gasteiger partial charge in [0.15, 0.2) is 0 Å². The fraction of sp³-hybridized carbons (Fsp3) is 0.579. The molecule has 0 aliphatic carbocycles. The highest BCUT2D eigenvalue weighted by molar-refractivity contribution is 7.32. The molecule has 6 rings (SSSR count). The van der Waals surface area contributed by atoms with Crippen LogP contribution < -0.4 is 9.05 Å². The molecule has 0 N–H and O–H groups in total. The summed E-state index contributed by atoms with van der Waals surface area (Å²) in [5, 5.41) is 4.22. The number of aryl methyl sites for hydroxylation is 1. The van der Waals surface area contributed by atoms with Crippen molar-refractivity contribution in [3.8, 4) is 0 Å². The summed E-state index contributed by atoms with van der Waals surface area (Å²) >= 11 is 0. The van der Waals surface area contributed by atoms with Gasteiger partial charge in [0.1, 0.15) is 22.3 Å². The van der Waals surface area contributed by atoms with Crippen LogP contribution in [0, 0.1) is 6.92 Å². The zero-order chi connectivity index (χ0) is 48.7. The SMILES string of the molecule is Cc1cc(C(C)(C)C)cc2c1op(O[C@H](C)C[C@@H](C)Op1oc3c(C(C)C)cc(C(C)(C)C)cc3c3cc(C(C)(C)C)cc(C(C)(C)C)c3o1)oc1c(C(C)(C)C)cc(C(C)(C)C)cc12. The first-order valence-electron chi connectivity index (χ1n) is 23.9. The van der Waals surface area contributed by atoms with E-state index in [0.717, 1.165) is 66.1 Å². The second-order valence-corrected chi connectivity index (χ2v) is 27.5. The molecule has 0 aliphatic heterocycles. The Morgan fingerprint density at radius 1 is 0.400 bits per heavy atom. The third-order valence-corrected chi connectivity index (χ3v) is 15.1. The number of fused-ring (bicyclic) bond motifs is 6. The van der Waals surface area contributed by atoms with Gasteiger partial charge >= 0.3 is 16.5 Å². The highest BCUT2D eigenvalue weighted by Gasteiger charge is 2.30. The van der Waals surface area contributed by atoms with Gasteiger partial charge in [-0.05, 0) is 117 Å². The molecular weight excluding hydrogens is 843 g/mol. The molecule has 0 aliphatic rings. The molecule has 6 nitrogen and oxygen atoms in total. The topological polar surface area (TPSA) is 71.0 Å². The summed E-state index contributed by atoms with van der Waals surface area (Å²) in [6.45, 7) is 51.6. The van der Waals surface area contributed by atoms with Crippen molar-refractivity contribution in [2.45, 2.75) is 216 Å². The zero-order valence-electron chi connectivity index (χ0n) is 44.4. The van der Waals surface area contributed by atoms with Crippen molar-refractivity contribution in [2.24, 2.45) is 0 Å². The van der Waals surface area contributed by atoms with Crippen LogP contribution in [0.1, 0.15) is 209 Å². The molecule has 2 aromatic heterocycles. The predicted octanol–water partition coefficient (Wildman–Crippen LogP) is 18.8. The van der Waals surface area contributed by atoms with Crippen LogP contribution in [0.4, 0.5) is 0 Å². The third kappa shape index (κ3) is 11.2. The number of benzene rings is 4. The molecule has 2 heterocycles. The fourth-order valence-corrected chi connectivity index (χ4v) is 10.9. The van der Waals surface area contributed by atoms with Crippen molar-refractivity contribution < 1.29 is 25.8 Å². The Balaban J connectivity index is 1.51. The highest BCUT2D eigenvalue weighted by atomic mass is 31.1. The quantitative estimate of drug-likeness (QED) is 0.159. The summed E-state index contributed by atoms with van der Waals surface area (Å²) in [5.41, 5.74) is 12.2. The van der Waals surface area contributed by atoms with Crippen molar-refractivity contribution in [2.75, 3.05) is 0 Å². The second-order valence-electron chi connectivity index (χ2n) is 25.4. The lowest BCUT2D eigenvalue weighted by Crippen LogP contribution is -2.21. The van der Waals surface area contributed by atoms with E-state index in [0.29, 0.717) is 6.42 Å². The van der Waals surface area contributed by atoms with E-state index < -0.39 is 16.5 Å². The van der Waals surface area contributed by atoms with Crippen LogP contribution in [0.15, 0.2) is 65.3 Å². The maximum absolute atomic E-state index is 7.08. The Hall–Kier alpha value is -3.40. The summed E-state index contributed by atoms with van der Waals surface area (Å²) < 4.78 is 41.9. The van der Waals surface area contributed by atoms with Crippen LogP contribution in [-0.4, -0.2) is 12.2 Å². The van der Waals surface area contributed by atoms with Gasteiger partial charge in [-0.25, -0.2) is 0 Å². The Morgan fingerprint density at radius 2 is 0.708 bits per heavy atom. The molecule has 356 valence electrons. The number of hydrogen-bond donors (Lipinski definition) is 0. The molecule has 4 atom stereocenters. The fourth-order valence-electron chi connectivity index (χ4n) is 8.45. The molecule has 65 heavy (non-hydrogen) atoms. The monoisotopic (exact) mass is 925 g/mol. The van der Waals surface area contributed by atoms with E-state index in [-0.39, 0.29) is 50.6 Å². The average molecular weight is 925 g/mol. The first-order chi connectivity index (χ1) is 29.5. The van der Waals surface area contributed by atoms with Gasteiger partial charge in [0.2, 0.25) is 0 Å². The van der Waals surface area contributed by atoms with E-state index in [9.17, 15) is 0 Å². The maximum Gasteiger partial charge on any atom is 0.387 e. The molecule has 4 aromatic carbocycles. The predicted molar refractivity (Wildman–Crippen MR) is 280 cm³/mol. The van der Waals surface area contributed by atoms with Crippen molar-refractivity contribution >= 4 is 60.4 Å². The largest absolute Gasteiger partial charge is 0.399 e. The molecule has 0 fully saturated rings. The van der Waals surface area contributed by atoms with E-state index in [1.54, 1.807) is 0 Å². The average Bonchev–Trinajstić information content (AvgIpc) is 3.38. The molecule has 6 aromatic rings. The van der Waals surface area contributed by atoms with Gasteiger partial charge in [-0.2, -0.15) is 0 Å². The molecular formula is C57H82O6P2. The van der Waals surface area contributed by atoms with Crippen LogP contribution >= 0.6 is 16.5 Å². The van der Waals surface area contributed by atoms with E-state index in [2.05, 4.69) is 208 Å². The smallest absolute Gasteiger partial charge is 0.387 e. The summed E-state index contributed by atoms with van der Waals surface area (Å²) in [4.78, 5) is 0. The molecule has 0 saturated heterocycles. The normalized spacial score (nSPS) is 15.1. The van der Waals surface area contributed by atoms with Gasteiger partial charge < -0.3 is 16.8 Å². The first-order valence-corrected chi connectivity index (χ1v) is 26.1. The van der Waals surface area contributed by atoms with E-state index >= 15 is 0 Å². The summed E-state index contributed by atoms with van der Waals surface area (Å²) in [6, 6.07) is 18.5. The van der Waals surface area contributed by atoms with Crippen LogP contribution in [0.3, 0.4) is 0 Å². The maximum atomic E-state index is 7.08. The van der Waals surface area contributed by atoms with E-state index in [1.165, 1.54) is 22.3 Å². The van der Waals surface area contributed by atoms with Gasteiger partial charge in [-0.15, -0.1) is 0 Å². The zero-order valence-corrected chi connectivity index (χ0v) is 46.2. The van der Waals surface area contributed by atoms with Gasteiger partial charge in [0.05, 0.1) is 12.2 Å². The minimum Gasteiger partial charge on any atom is -0.399 e. The first kappa shape index (κ1) is 51.0. The second kappa shape index (κ2) is 17.6. The minimum atomic E-state index is -1.87. The summed E-state index contributed by atoms with van der Waals surface area (Å²) in [7, 11) is -3.73. The molecule has 0 spiro atoms. The molecule has 2 unspecified atom stereocenters. The van der Waals surface area contributed by atoms with E-state index in [4.69, 9.17) is 25.8 Å². The van der Waals surface area contributed by atoms with Crippen LogP contribution in [0.25, 0.3) is 43.9 Å². The Morgan fingerprint density at radius 3 is 1.06 bits per heavy atom. The van der Waals surface area contributed by atoms with Crippen molar-refractivity contribution in [1.82, 2.24) is 0 Å². The van der Waals surface area contributed by atoms with Gasteiger partial charge in [0, 0.05) is 39.1 Å². The van der Waals surface area contributed by atoms with Crippen molar-refractivity contribution in [3.63, 3.8) is 0 Å². The standard InChI is InChI=1S/C57H82O6P2/c1-33(2)41-26-38(53(9,10)11)28-43-45-30-40(55(15,16)17)32-47(57(21,22)23)51(45)63-65(61-49(41)43)59-36(5)25-35(4)58-64-60-48-34(3)24-37(52(6,7)8)27-42(48)44-29-39(54(12,13)14)31-46(50(44)62-64)56(18,19)20/h24,26-33,35-36H,25H2,1-23H3/t35-,36-,64?,65?/m1/s1. The van der Waals surface area contributed by atoms with E-state index in [1.807, 2.05) is 0 Å².